The van der Waals surface area contributed by atoms with Gasteiger partial charge in [-0.25, -0.2) is 14.3 Å². The fraction of sp³-hybridized carbons (Fsp3) is 0.658. The molecule has 2 heterocycles. The lowest BCUT2D eigenvalue weighted by Gasteiger charge is -2.23. The summed E-state index contributed by atoms with van der Waals surface area (Å²) in [6.45, 7) is 16.0. The van der Waals surface area contributed by atoms with Crippen molar-refractivity contribution in [3.05, 3.63) is 46.4 Å². The number of imidazole rings is 1. The van der Waals surface area contributed by atoms with Crippen LogP contribution >= 0.6 is 0 Å². The van der Waals surface area contributed by atoms with E-state index < -0.39 is 39.8 Å². The van der Waals surface area contributed by atoms with Gasteiger partial charge >= 0.3 is 22.0 Å². The van der Waals surface area contributed by atoms with Crippen LogP contribution in [0.1, 0.15) is 118 Å². The molecule has 1 aliphatic heterocycles. The average Bonchev–Trinajstić information content (AvgIpc) is 3.50. The number of carbonyl (C=O) groups is 4. The van der Waals surface area contributed by atoms with E-state index in [0.717, 1.165) is 34.6 Å². The number of ether oxygens (including phenoxy) is 1. The zero-order valence-corrected chi connectivity index (χ0v) is 34.5. The second kappa shape index (κ2) is 20.5. The first-order valence-electron chi connectivity index (χ1n) is 18.8. The number of aromatic nitrogens is 2. The summed E-state index contributed by atoms with van der Waals surface area (Å²) in [4.78, 5) is 62.2. The van der Waals surface area contributed by atoms with E-state index in [1.807, 2.05) is 26.0 Å². The minimum Gasteiger partial charge on any atom is -0.444 e. The van der Waals surface area contributed by atoms with Gasteiger partial charge in [0.15, 0.2) is 0 Å². The molecule has 4 rings (SSSR count). The lowest BCUT2D eigenvalue weighted by Crippen LogP contribution is -2.48. The number of unbranched alkanes of at least 4 members (excludes halogenated alkanes) is 3. The molecule has 1 aromatic carbocycles. The summed E-state index contributed by atoms with van der Waals surface area (Å²) in [5, 5.41) is 2.37. The van der Waals surface area contributed by atoms with Gasteiger partial charge in [-0.15, -0.1) is 0 Å². The average molecular weight is 778 g/mol. The molecule has 16 heteroatoms. The number of benzene rings is 1. The van der Waals surface area contributed by atoms with Gasteiger partial charge in [0.05, 0.1) is 11.0 Å². The Labute approximate surface area is 320 Å². The minimum absolute atomic E-state index is 0.0223. The number of alkyl carbamates (subject to hydrolysis) is 1. The Morgan fingerprint density at radius 1 is 1.11 bits per heavy atom. The number of hydrogen-bond acceptors (Lipinski definition) is 8. The highest BCUT2D eigenvalue weighted by Gasteiger charge is 2.42. The molecule has 0 bridgehead atoms. The molecule has 2 fully saturated rings. The monoisotopic (exact) mass is 777 g/mol. The van der Waals surface area contributed by atoms with E-state index in [1.54, 1.807) is 25.3 Å². The van der Waals surface area contributed by atoms with Crippen molar-refractivity contribution in [3.63, 3.8) is 0 Å². The molecule has 4 amide bonds. The van der Waals surface area contributed by atoms with Crippen LogP contribution in [0.25, 0.3) is 11.0 Å². The summed E-state index contributed by atoms with van der Waals surface area (Å²) >= 11 is 0. The third-order valence-electron chi connectivity index (χ3n) is 8.85. The largest absolute Gasteiger partial charge is 0.444 e. The van der Waals surface area contributed by atoms with Crippen LogP contribution in [-0.2, 0) is 29.3 Å². The number of carbonyl (C=O) groups excluding carboxylic acids is 4. The lowest BCUT2D eigenvalue weighted by molar-refractivity contribution is -0.136. The number of nitrogens with zero attached hydrogens (tertiary/aromatic N) is 3. The first kappa shape index (κ1) is 46.0. The summed E-state index contributed by atoms with van der Waals surface area (Å²) in [6.07, 6.45) is 10.2. The topological polar surface area (TPSA) is 206 Å². The first-order chi connectivity index (χ1) is 25.1. The van der Waals surface area contributed by atoms with Gasteiger partial charge in [-0.3, -0.25) is 19.0 Å². The number of amides is 4. The van der Waals surface area contributed by atoms with E-state index in [9.17, 15) is 32.4 Å². The molecule has 1 saturated carbocycles. The molecule has 1 aliphatic carbocycles. The van der Waals surface area contributed by atoms with Gasteiger partial charge in [0, 0.05) is 32.6 Å². The van der Waals surface area contributed by atoms with Gasteiger partial charge in [0.25, 0.3) is 0 Å². The Morgan fingerprint density at radius 2 is 1.78 bits per heavy atom. The summed E-state index contributed by atoms with van der Waals surface area (Å²) < 4.78 is 32.9. The van der Waals surface area contributed by atoms with Crippen LogP contribution in [0.3, 0.4) is 0 Å². The Morgan fingerprint density at radius 3 is 2.33 bits per heavy atom. The molecule has 5 N–H and O–H groups in total. The second-order valence-corrected chi connectivity index (χ2v) is 17.4. The third kappa shape index (κ3) is 14.6. The highest BCUT2D eigenvalue weighted by atomic mass is 32.2. The molecule has 304 valence electrons. The van der Waals surface area contributed by atoms with Crippen molar-refractivity contribution in [1.29, 1.82) is 0 Å². The normalized spacial score (nSPS) is 18.3. The lowest BCUT2D eigenvalue weighted by atomic mass is 10.0. The van der Waals surface area contributed by atoms with Crippen LogP contribution in [0.5, 0.6) is 0 Å². The first-order valence-corrected chi connectivity index (χ1v) is 20.2. The molecule has 15 nitrogen and oxygen atoms in total. The standard InChI is InChI=1S/C13H24N2O3S.C13H18N2O.C12H21N3O4/c1-4-5-6-7-8-9-11-10-12(11)13(16)14-19(17,18)15(2)3;1-8(2)10-5-6-12-11(7-10)14-13(16)15(12)9(3)4;1-12(2,3)19-11(18)14-7-9(16)15-6-4-5-8(15)10(13)17/h8-9,11-12H,4-7,10H2,1-3H3,(H,14,16);5-9H,1-4H3,(H,14,16);8H,4-7H2,1-3H3,(H2,13,17)(H,14,18)/b9-8-;;/t11?,12-;;/m0../s1. The molecular formula is C38H63N7O8S. The number of fused-ring (bicyclic) bond motifs is 1. The van der Waals surface area contributed by atoms with Crippen LogP contribution in [0.2, 0.25) is 0 Å². The number of H-pyrrole nitrogens is 1. The summed E-state index contributed by atoms with van der Waals surface area (Å²) in [7, 11) is -0.856. The maximum Gasteiger partial charge on any atom is 0.408 e. The zero-order chi connectivity index (χ0) is 41.0. The molecule has 1 aromatic heterocycles. The third-order valence-corrected chi connectivity index (χ3v) is 10.3. The van der Waals surface area contributed by atoms with E-state index >= 15 is 0 Å². The van der Waals surface area contributed by atoms with Crippen molar-refractivity contribution in [1.82, 2.24) is 28.8 Å². The molecule has 0 radical (unpaired) electrons. The highest BCUT2D eigenvalue weighted by molar-refractivity contribution is 7.87. The van der Waals surface area contributed by atoms with E-state index in [-0.39, 0.29) is 36.0 Å². The minimum atomic E-state index is -3.65. The number of nitrogens with two attached hydrogens (primary N) is 1. The van der Waals surface area contributed by atoms with Gasteiger partial charge in [0.1, 0.15) is 18.2 Å². The molecule has 1 saturated heterocycles. The van der Waals surface area contributed by atoms with Gasteiger partial charge < -0.3 is 25.7 Å². The zero-order valence-electron chi connectivity index (χ0n) is 33.7. The Bertz CT molecular complexity index is 1770. The van der Waals surface area contributed by atoms with E-state index in [0.29, 0.717) is 18.9 Å². The van der Waals surface area contributed by atoms with Crippen molar-refractivity contribution in [2.45, 2.75) is 124 Å². The van der Waals surface area contributed by atoms with Crippen molar-refractivity contribution in [2.75, 3.05) is 27.2 Å². The predicted molar refractivity (Wildman–Crippen MR) is 211 cm³/mol. The summed E-state index contributed by atoms with van der Waals surface area (Å²) in [5.41, 5.74) is 7.76. The number of allylic oxidation sites excluding steroid dienone is 2. The molecule has 2 aromatic rings. The summed E-state index contributed by atoms with van der Waals surface area (Å²) in [6, 6.07) is 5.82. The number of likely N-dealkylation sites (tertiary alicyclic amines) is 1. The SMILES string of the molecule is CC(C)(C)OC(=O)NCC(=O)N1CCCC1C(N)=O.CC(C)c1ccc2c(c1)[nH]c(=O)n2C(C)C.CCCCC/C=C\C1C[C@@H]1C(=O)NS(=O)(=O)N(C)C. The molecule has 54 heavy (non-hydrogen) atoms. The fourth-order valence-corrected chi connectivity index (χ4v) is 6.34. The van der Waals surface area contributed by atoms with Crippen molar-refractivity contribution < 1.29 is 32.3 Å². The van der Waals surface area contributed by atoms with Gasteiger partial charge in [-0.1, -0.05) is 51.8 Å². The number of hydrogen-bond donors (Lipinski definition) is 4. The fourth-order valence-electron chi connectivity index (χ4n) is 5.75. The quantitative estimate of drug-likeness (QED) is 0.165. The van der Waals surface area contributed by atoms with Crippen LogP contribution < -0.4 is 21.5 Å². The Balaban J connectivity index is 0.000000281. The van der Waals surface area contributed by atoms with Gasteiger partial charge in [-0.2, -0.15) is 12.7 Å². The van der Waals surface area contributed by atoms with Crippen molar-refractivity contribution in [3.8, 4) is 0 Å². The van der Waals surface area contributed by atoms with Crippen LogP contribution in [-0.4, -0.2) is 89.8 Å². The van der Waals surface area contributed by atoms with Gasteiger partial charge in [0.2, 0.25) is 17.7 Å². The summed E-state index contributed by atoms with van der Waals surface area (Å²) in [5.74, 6) is -0.723. The van der Waals surface area contributed by atoms with E-state index in [2.05, 4.69) is 54.0 Å². The predicted octanol–water partition coefficient (Wildman–Crippen LogP) is 4.70. The number of rotatable bonds is 13. The van der Waals surface area contributed by atoms with Crippen LogP contribution in [0.15, 0.2) is 35.1 Å². The highest BCUT2D eigenvalue weighted by Crippen LogP contribution is 2.40. The molecule has 2 unspecified atom stereocenters. The molecule has 2 aliphatic rings. The Hall–Kier alpha value is -4.18. The maximum absolute atomic E-state index is 11.9. The van der Waals surface area contributed by atoms with Crippen LogP contribution in [0, 0.1) is 11.8 Å². The van der Waals surface area contributed by atoms with Crippen molar-refractivity contribution in [2.24, 2.45) is 17.6 Å². The Kier molecular flexibility index (Phi) is 17.4. The molecule has 0 spiro atoms. The number of nitrogens with one attached hydrogen (secondary N) is 3. The smallest absolute Gasteiger partial charge is 0.408 e. The van der Waals surface area contributed by atoms with E-state index in [1.165, 1.54) is 43.8 Å². The van der Waals surface area contributed by atoms with Crippen LogP contribution in [0.4, 0.5) is 4.79 Å². The second-order valence-electron chi connectivity index (χ2n) is 15.5. The van der Waals surface area contributed by atoms with Crippen molar-refractivity contribution >= 4 is 45.1 Å². The number of aromatic amines is 1. The molecular weight excluding hydrogens is 715 g/mol. The number of primary amides is 1. The maximum atomic E-state index is 11.9. The molecule has 3 atom stereocenters. The van der Waals surface area contributed by atoms with Gasteiger partial charge in [-0.05, 0) is 96.3 Å². The van der Waals surface area contributed by atoms with E-state index in [4.69, 9.17) is 10.5 Å².